The summed E-state index contributed by atoms with van der Waals surface area (Å²) in [6, 6.07) is 15.4. The zero-order valence-electron chi connectivity index (χ0n) is 14.2. The van der Waals surface area contributed by atoms with E-state index < -0.39 is 17.7 Å². The van der Waals surface area contributed by atoms with Gasteiger partial charge >= 0.3 is 11.8 Å². The number of nitrogens with two attached hydrogens (primary N) is 1. The van der Waals surface area contributed by atoms with Gasteiger partial charge in [0.05, 0.1) is 0 Å². The smallest absolute Gasteiger partial charge is 0.313 e. The quantitative estimate of drug-likeness (QED) is 0.818. The van der Waals surface area contributed by atoms with Crippen LogP contribution in [-0.4, -0.2) is 28.7 Å². The van der Waals surface area contributed by atoms with E-state index in [2.05, 4.69) is 5.32 Å². The number of rotatable bonds is 5. The largest absolute Gasteiger partial charge is 0.366 e. The maximum Gasteiger partial charge on any atom is 0.313 e. The molecule has 25 heavy (non-hydrogen) atoms. The molecule has 6 nitrogen and oxygen atoms in total. The molecule has 2 aromatic rings. The van der Waals surface area contributed by atoms with E-state index in [1.165, 1.54) is 29.2 Å². The van der Waals surface area contributed by atoms with Gasteiger partial charge in [0, 0.05) is 23.8 Å². The number of carbonyl (C=O) groups is 3. The lowest BCUT2D eigenvalue weighted by Crippen LogP contribution is -2.43. The Morgan fingerprint density at radius 3 is 2.12 bits per heavy atom. The van der Waals surface area contributed by atoms with Gasteiger partial charge in [0.1, 0.15) is 0 Å². The number of hydrogen-bond acceptors (Lipinski definition) is 3. The number of anilines is 1. The first-order valence-corrected chi connectivity index (χ1v) is 7.94. The highest BCUT2D eigenvalue weighted by Crippen LogP contribution is 2.12. The van der Waals surface area contributed by atoms with Crippen molar-refractivity contribution < 1.29 is 14.4 Å². The van der Waals surface area contributed by atoms with Gasteiger partial charge in [-0.05, 0) is 43.7 Å². The fourth-order valence-electron chi connectivity index (χ4n) is 2.30. The van der Waals surface area contributed by atoms with Gasteiger partial charge < -0.3 is 16.0 Å². The molecule has 0 aliphatic carbocycles. The van der Waals surface area contributed by atoms with Crippen LogP contribution >= 0.6 is 0 Å². The van der Waals surface area contributed by atoms with Crippen molar-refractivity contribution in [3.63, 3.8) is 0 Å². The summed E-state index contributed by atoms with van der Waals surface area (Å²) in [5.41, 5.74) is 6.87. The van der Waals surface area contributed by atoms with Crippen LogP contribution in [0.4, 0.5) is 5.69 Å². The minimum Gasteiger partial charge on any atom is -0.366 e. The molecule has 0 radical (unpaired) electrons. The van der Waals surface area contributed by atoms with E-state index in [1.54, 1.807) is 0 Å². The molecule has 0 aliphatic rings. The fraction of sp³-hybridized carbons (Fsp3) is 0.211. The van der Waals surface area contributed by atoms with Gasteiger partial charge in [0.2, 0.25) is 5.91 Å². The van der Waals surface area contributed by atoms with Crippen LogP contribution in [0.15, 0.2) is 54.6 Å². The summed E-state index contributed by atoms with van der Waals surface area (Å²) in [4.78, 5) is 37.3. The number of carbonyl (C=O) groups excluding carboxylic acids is 3. The van der Waals surface area contributed by atoms with Gasteiger partial charge in [-0.1, -0.05) is 30.3 Å². The summed E-state index contributed by atoms with van der Waals surface area (Å²) in [6.45, 7) is 4.07. The molecule has 3 amide bonds. The van der Waals surface area contributed by atoms with Crippen LogP contribution in [0.1, 0.15) is 29.8 Å². The molecule has 130 valence electrons. The van der Waals surface area contributed by atoms with Gasteiger partial charge in [-0.3, -0.25) is 14.4 Å². The summed E-state index contributed by atoms with van der Waals surface area (Å²) in [5.74, 6) is -1.89. The first kappa shape index (κ1) is 18.2. The molecular formula is C19H21N3O3. The maximum absolute atomic E-state index is 12.5. The van der Waals surface area contributed by atoms with Crippen molar-refractivity contribution in [2.75, 3.05) is 5.32 Å². The molecule has 0 atom stereocenters. The zero-order chi connectivity index (χ0) is 18.4. The average molecular weight is 339 g/mol. The number of benzene rings is 2. The lowest BCUT2D eigenvalue weighted by molar-refractivity contribution is -0.144. The van der Waals surface area contributed by atoms with E-state index in [0.29, 0.717) is 17.8 Å². The lowest BCUT2D eigenvalue weighted by Gasteiger charge is -2.26. The number of nitrogens with one attached hydrogen (secondary N) is 1. The third-order valence-corrected chi connectivity index (χ3v) is 3.70. The molecule has 0 fully saturated rings. The third kappa shape index (κ3) is 4.91. The molecule has 2 rings (SSSR count). The third-order valence-electron chi connectivity index (χ3n) is 3.70. The average Bonchev–Trinajstić information content (AvgIpc) is 2.60. The van der Waals surface area contributed by atoms with E-state index >= 15 is 0 Å². The molecule has 3 N–H and O–H groups in total. The highest BCUT2D eigenvalue weighted by Gasteiger charge is 2.24. The second kappa shape index (κ2) is 8.10. The Morgan fingerprint density at radius 1 is 1.00 bits per heavy atom. The van der Waals surface area contributed by atoms with Crippen LogP contribution in [0.2, 0.25) is 0 Å². The Balaban J connectivity index is 2.07. The van der Waals surface area contributed by atoms with Crippen LogP contribution < -0.4 is 11.1 Å². The van der Waals surface area contributed by atoms with Gasteiger partial charge in [-0.15, -0.1) is 0 Å². The van der Waals surface area contributed by atoms with E-state index in [-0.39, 0.29) is 6.04 Å². The zero-order valence-corrected chi connectivity index (χ0v) is 14.2. The summed E-state index contributed by atoms with van der Waals surface area (Å²) in [7, 11) is 0. The summed E-state index contributed by atoms with van der Waals surface area (Å²) < 4.78 is 0. The molecule has 0 saturated heterocycles. The Labute approximate surface area is 146 Å². The Kier molecular flexibility index (Phi) is 5.89. The van der Waals surface area contributed by atoms with Gasteiger partial charge in [0.15, 0.2) is 0 Å². The first-order valence-electron chi connectivity index (χ1n) is 7.94. The van der Waals surface area contributed by atoms with Crippen molar-refractivity contribution in [1.29, 1.82) is 0 Å². The number of amides is 3. The summed E-state index contributed by atoms with van der Waals surface area (Å²) >= 11 is 0. The molecule has 0 saturated carbocycles. The molecular weight excluding hydrogens is 318 g/mol. The molecule has 0 heterocycles. The minimum absolute atomic E-state index is 0.129. The normalized spacial score (nSPS) is 10.4. The van der Waals surface area contributed by atoms with E-state index in [0.717, 1.165) is 5.56 Å². The van der Waals surface area contributed by atoms with Crippen LogP contribution in [0, 0.1) is 0 Å². The van der Waals surface area contributed by atoms with Crippen LogP contribution in [-0.2, 0) is 16.1 Å². The van der Waals surface area contributed by atoms with Crippen molar-refractivity contribution in [2.24, 2.45) is 5.73 Å². The molecule has 0 aromatic heterocycles. The van der Waals surface area contributed by atoms with Gasteiger partial charge in [-0.25, -0.2) is 0 Å². The Hall–Kier alpha value is -3.15. The minimum atomic E-state index is -0.726. The van der Waals surface area contributed by atoms with Crippen LogP contribution in [0.5, 0.6) is 0 Å². The monoisotopic (exact) mass is 339 g/mol. The maximum atomic E-state index is 12.5. The SMILES string of the molecule is CC(C)N(Cc1ccccc1)C(=O)C(=O)Nc1ccc(C(N)=O)cc1. The molecule has 6 heteroatoms. The second-order valence-electron chi connectivity index (χ2n) is 5.91. The number of primary amides is 1. The van der Waals surface area contributed by atoms with Crippen molar-refractivity contribution >= 4 is 23.4 Å². The number of hydrogen-bond donors (Lipinski definition) is 2. The topological polar surface area (TPSA) is 92.5 Å². The van der Waals surface area contributed by atoms with Gasteiger partial charge in [-0.2, -0.15) is 0 Å². The predicted octanol–water partition coefficient (Wildman–Crippen LogP) is 2.16. The highest BCUT2D eigenvalue weighted by molar-refractivity contribution is 6.39. The molecule has 0 spiro atoms. The van der Waals surface area contributed by atoms with Gasteiger partial charge in [0.25, 0.3) is 0 Å². The van der Waals surface area contributed by atoms with Crippen LogP contribution in [0.3, 0.4) is 0 Å². The highest BCUT2D eigenvalue weighted by atomic mass is 16.2. The van der Waals surface area contributed by atoms with Crippen molar-refractivity contribution in [2.45, 2.75) is 26.4 Å². The molecule has 2 aromatic carbocycles. The fourth-order valence-corrected chi connectivity index (χ4v) is 2.30. The van der Waals surface area contributed by atoms with E-state index in [1.807, 2.05) is 44.2 Å². The lowest BCUT2D eigenvalue weighted by atomic mass is 10.2. The Morgan fingerprint density at radius 2 is 1.60 bits per heavy atom. The first-order chi connectivity index (χ1) is 11.9. The van der Waals surface area contributed by atoms with E-state index in [9.17, 15) is 14.4 Å². The number of nitrogens with zero attached hydrogens (tertiary/aromatic N) is 1. The molecule has 0 unspecified atom stereocenters. The van der Waals surface area contributed by atoms with Crippen LogP contribution in [0.25, 0.3) is 0 Å². The summed E-state index contributed by atoms with van der Waals surface area (Å²) in [6.07, 6.45) is 0. The van der Waals surface area contributed by atoms with Crippen molar-refractivity contribution in [3.8, 4) is 0 Å². The standard InChI is InChI=1S/C19H21N3O3/c1-13(2)22(12-14-6-4-3-5-7-14)19(25)18(24)21-16-10-8-15(9-11-16)17(20)23/h3-11,13H,12H2,1-2H3,(H2,20,23)(H,21,24). The molecule has 0 aliphatic heterocycles. The second-order valence-corrected chi connectivity index (χ2v) is 5.91. The van der Waals surface area contributed by atoms with E-state index in [4.69, 9.17) is 5.73 Å². The summed E-state index contributed by atoms with van der Waals surface area (Å²) in [5, 5.41) is 2.55. The molecule has 0 bridgehead atoms. The Bertz CT molecular complexity index is 755. The predicted molar refractivity (Wildman–Crippen MR) is 95.7 cm³/mol. The van der Waals surface area contributed by atoms with Crippen molar-refractivity contribution in [1.82, 2.24) is 4.90 Å². The van der Waals surface area contributed by atoms with Crippen molar-refractivity contribution in [3.05, 3.63) is 65.7 Å².